The summed E-state index contributed by atoms with van der Waals surface area (Å²) < 4.78 is 2.14. The van der Waals surface area contributed by atoms with Gasteiger partial charge in [-0.25, -0.2) is 0 Å². The van der Waals surface area contributed by atoms with Crippen molar-refractivity contribution in [3.8, 4) is 5.00 Å². The van der Waals surface area contributed by atoms with Crippen molar-refractivity contribution in [1.29, 1.82) is 0 Å². The van der Waals surface area contributed by atoms with Crippen molar-refractivity contribution in [2.75, 3.05) is 0 Å². The van der Waals surface area contributed by atoms with Gasteiger partial charge in [0.1, 0.15) is 17.4 Å². The number of thiophene rings is 1. The molecule has 0 atom stereocenters. The largest absolute Gasteiger partial charge is 0.276 e. The van der Waals surface area contributed by atoms with E-state index in [1.807, 2.05) is 31.2 Å². The van der Waals surface area contributed by atoms with Crippen LogP contribution in [0.15, 0.2) is 59.6 Å². The van der Waals surface area contributed by atoms with Crippen LogP contribution in [0.2, 0.25) is 5.02 Å². The number of fused-ring (bicyclic) bond motifs is 3. The molecule has 3 heterocycles. The lowest BCUT2D eigenvalue weighted by molar-refractivity contribution is 0.647. The highest BCUT2D eigenvalue weighted by Crippen LogP contribution is 2.35. The second kappa shape index (κ2) is 8.64. The Hall–Kier alpha value is -2.76. The quantitative estimate of drug-likeness (QED) is 0.344. The van der Waals surface area contributed by atoms with Gasteiger partial charge in [-0.3, -0.25) is 9.56 Å². The maximum Gasteiger partial charge on any atom is 0.160 e. The third-order valence-corrected chi connectivity index (χ3v) is 7.12. The summed E-state index contributed by atoms with van der Waals surface area (Å²) in [7, 11) is 0. The Morgan fingerprint density at radius 3 is 2.50 bits per heavy atom. The van der Waals surface area contributed by atoms with Crippen molar-refractivity contribution in [2.24, 2.45) is 10.9 Å². The maximum absolute atomic E-state index is 6.57. The molecule has 0 fully saturated rings. The Labute approximate surface area is 197 Å². The number of hydrogen-bond donors (Lipinski definition) is 0. The van der Waals surface area contributed by atoms with Crippen LogP contribution in [0.1, 0.15) is 52.6 Å². The molecule has 2 aromatic heterocycles. The highest BCUT2D eigenvalue weighted by atomic mass is 35.5. The van der Waals surface area contributed by atoms with Crippen LogP contribution in [0.5, 0.6) is 0 Å². The van der Waals surface area contributed by atoms with Gasteiger partial charge in [0, 0.05) is 27.4 Å². The topological polar surface area (TPSA) is 43.1 Å². The number of aryl methyl sites for hydroxylation is 1. The van der Waals surface area contributed by atoms with E-state index in [0.717, 1.165) is 46.3 Å². The predicted octanol–water partition coefficient (Wildman–Crippen LogP) is 6.43. The van der Waals surface area contributed by atoms with Gasteiger partial charge >= 0.3 is 0 Å². The molecule has 0 unspecified atom stereocenters. The van der Waals surface area contributed by atoms with Gasteiger partial charge in [-0.2, -0.15) is 0 Å². The SMILES string of the molecule is Cc1nnc2n1-c1sc(Cc3ccc(CC(C)C)cc3)cc1C(c1ccccc1Cl)=NC2. The fourth-order valence-corrected chi connectivity index (χ4v) is 5.69. The number of aliphatic imine (C=N–C) groups is 1. The van der Waals surface area contributed by atoms with E-state index in [0.29, 0.717) is 17.5 Å². The smallest absolute Gasteiger partial charge is 0.160 e. The van der Waals surface area contributed by atoms with Crippen LogP contribution in [0.4, 0.5) is 0 Å². The van der Waals surface area contributed by atoms with Crippen molar-refractivity contribution in [3.63, 3.8) is 0 Å². The van der Waals surface area contributed by atoms with E-state index in [-0.39, 0.29) is 0 Å². The number of aromatic nitrogens is 3. The molecule has 0 radical (unpaired) electrons. The number of hydrogen-bond acceptors (Lipinski definition) is 4. The minimum absolute atomic E-state index is 0.482. The lowest BCUT2D eigenvalue weighted by atomic mass is 10.00. The first-order valence-electron chi connectivity index (χ1n) is 10.9. The predicted molar refractivity (Wildman–Crippen MR) is 133 cm³/mol. The molecular formula is C26H25ClN4S. The highest BCUT2D eigenvalue weighted by molar-refractivity contribution is 7.15. The first-order chi connectivity index (χ1) is 15.5. The van der Waals surface area contributed by atoms with Crippen molar-refractivity contribution in [2.45, 2.75) is 40.2 Å². The highest BCUT2D eigenvalue weighted by Gasteiger charge is 2.25. The third kappa shape index (κ3) is 4.03. The fraction of sp³-hybridized carbons (Fsp3) is 0.269. The summed E-state index contributed by atoms with van der Waals surface area (Å²) in [5.41, 5.74) is 5.67. The monoisotopic (exact) mass is 460 g/mol. The molecule has 6 heteroatoms. The van der Waals surface area contributed by atoms with E-state index in [9.17, 15) is 0 Å². The van der Waals surface area contributed by atoms with Gasteiger partial charge in [0.05, 0.1) is 5.71 Å². The molecule has 0 bridgehead atoms. The molecule has 0 N–H and O–H groups in total. The van der Waals surface area contributed by atoms with E-state index in [4.69, 9.17) is 16.6 Å². The lowest BCUT2D eigenvalue weighted by Gasteiger charge is -2.08. The number of rotatable bonds is 5. The van der Waals surface area contributed by atoms with Crippen molar-refractivity contribution in [3.05, 3.63) is 98.4 Å². The fourth-order valence-electron chi connectivity index (χ4n) is 4.21. The van der Waals surface area contributed by atoms with Crippen LogP contribution in [0, 0.1) is 12.8 Å². The molecule has 1 aliphatic heterocycles. The molecule has 4 nitrogen and oxygen atoms in total. The molecule has 2 aromatic carbocycles. The molecule has 4 aromatic rings. The Morgan fingerprint density at radius 2 is 1.75 bits per heavy atom. The molecule has 0 saturated heterocycles. The molecule has 0 saturated carbocycles. The normalized spacial score (nSPS) is 13.0. The second-order valence-electron chi connectivity index (χ2n) is 8.67. The maximum atomic E-state index is 6.57. The molecule has 0 amide bonds. The molecule has 5 rings (SSSR count). The van der Waals surface area contributed by atoms with Crippen LogP contribution in [-0.4, -0.2) is 20.5 Å². The van der Waals surface area contributed by atoms with Gasteiger partial charge < -0.3 is 0 Å². The van der Waals surface area contributed by atoms with E-state index < -0.39 is 0 Å². The molecule has 162 valence electrons. The van der Waals surface area contributed by atoms with E-state index in [2.05, 4.69) is 58.9 Å². The van der Waals surface area contributed by atoms with E-state index in [1.54, 1.807) is 11.3 Å². The second-order valence-corrected chi connectivity index (χ2v) is 10.2. The zero-order valence-corrected chi connectivity index (χ0v) is 20.0. The molecule has 0 aliphatic carbocycles. The van der Waals surface area contributed by atoms with Gasteiger partial charge in [-0.1, -0.05) is 67.9 Å². The lowest BCUT2D eigenvalue weighted by Crippen LogP contribution is -2.05. The van der Waals surface area contributed by atoms with Gasteiger partial charge in [-0.15, -0.1) is 21.5 Å². The third-order valence-electron chi connectivity index (χ3n) is 5.67. The van der Waals surface area contributed by atoms with Crippen LogP contribution < -0.4 is 0 Å². The van der Waals surface area contributed by atoms with Gasteiger partial charge in [0.2, 0.25) is 0 Å². The van der Waals surface area contributed by atoms with E-state index in [1.165, 1.54) is 16.0 Å². The average molecular weight is 461 g/mol. The van der Waals surface area contributed by atoms with Crippen LogP contribution >= 0.6 is 22.9 Å². The number of benzene rings is 2. The summed E-state index contributed by atoms with van der Waals surface area (Å²) in [6, 6.07) is 19.2. The van der Waals surface area contributed by atoms with Gasteiger partial charge in [0.25, 0.3) is 0 Å². The van der Waals surface area contributed by atoms with Crippen LogP contribution in [0.25, 0.3) is 5.00 Å². The van der Waals surface area contributed by atoms with Crippen molar-refractivity contribution < 1.29 is 0 Å². The number of nitrogens with zero attached hydrogens (tertiary/aromatic N) is 4. The first kappa shape index (κ1) is 21.1. The van der Waals surface area contributed by atoms with Crippen molar-refractivity contribution in [1.82, 2.24) is 14.8 Å². The van der Waals surface area contributed by atoms with Crippen molar-refractivity contribution >= 4 is 28.6 Å². The Kier molecular flexibility index (Phi) is 5.70. The zero-order valence-electron chi connectivity index (χ0n) is 18.5. The minimum atomic E-state index is 0.482. The number of halogens is 1. The molecule has 32 heavy (non-hydrogen) atoms. The summed E-state index contributed by atoms with van der Waals surface area (Å²) in [5, 5.41) is 10.5. The summed E-state index contributed by atoms with van der Waals surface area (Å²) >= 11 is 8.35. The first-order valence-corrected chi connectivity index (χ1v) is 12.1. The van der Waals surface area contributed by atoms with Gasteiger partial charge in [0.15, 0.2) is 5.82 Å². The average Bonchev–Trinajstić information content (AvgIpc) is 3.29. The Balaban J connectivity index is 1.55. The van der Waals surface area contributed by atoms with E-state index >= 15 is 0 Å². The minimum Gasteiger partial charge on any atom is -0.276 e. The Morgan fingerprint density at radius 1 is 1.00 bits per heavy atom. The molecule has 1 aliphatic rings. The summed E-state index contributed by atoms with van der Waals surface area (Å²) in [6.45, 7) is 6.99. The molecule has 0 spiro atoms. The standard InChI is InChI=1S/C26H25ClN4S/c1-16(2)12-18-8-10-19(11-9-18)13-20-14-22-25(21-6-4-5-7-23(21)27)28-15-24-30-29-17(3)31(24)26(22)32-20/h4-11,14,16H,12-13,15H2,1-3H3. The zero-order chi connectivity index (χ0) is 22.2. The summed E-state index contributed by atoms with van der Waals surface area (Å²) in [6.07, 6.45) is 1.99. The summed E-state index contributed by atoms with van der Waals surface area (Å²) in [4.78, 5) is 6.21. The van der Waals surface area contributed by atoms with Gasteiger partial charge in [-0.05, 0) is 42.5 Å². The summed E-state index contributed by atoms with van der Waals surface area (Å²) in [5.74, 6) is 2.40. The van der Waals surface area contributed by atoms with Crippen LogP contribution in [0.3, 0.4) is 0 Å². The molecular weight excluding hydrogens is 436 g/mol. The Bertz CT molecular complexity index is 1300. The van der Waals surface area contributed by atoms with Crippen LogP contribution in [-0.2, 0) is 19.4 Å².